The quantitative estimate of drug-likeness (QED) is 0.452. The van der Waals surface area contributed by atoms with E-state index in [1.54, 1.807) is 7.11 Å². The molecule has 2 rings (SSSR count). The number of aryl methyl sites for hydroxylation is 1. The molecule has 1 fully saturated rings. The lowest BCUT2D eigenvalue weighted by Gasteiger charge is -2.15. The summed E-state index contributed by atoms with van der Waals surface area (Å²) in [7, 11) is 1.76. The molecule has 1 aromatic rings. The average Bonchev–Trinajstić information content (AvgIpc) is 3.04. The molecule has 6 heteroatoms. The molecule has 1 aliphatic carbocycles. The Morgan fingerprint density at radius 1 is 1.35 bits per heavy atom. The van der Waals surface area contributed by atoms with Crippen molar-refractivity contribution in [2.75, 3.05) is 13.7 Å². The number of aliphatic hydroxyl groups is 1. The number of rotatable bonds is 7. The summed E-state index contributed by atoms with van der Waals surface area (Å²) in [5.74, 6) is 0.00213. The predicted octanol–water partition coefficient (Wildman–Crippen LogP) is 1.41. The van der Waals surface area contributed by atoms with E-state index in [0.717, 1.165) is 42.7 Å². The smallest absolute Gasteiger partial charge is 0.309 e. The number of carbonyl (C=O) groups is 2. The number of primary amides is 1. The molecule has 0 aliphatic heterocycles. The van der Waals surface area contributed by atoms with E-state index < -0.39 is 11.8 Å². The van der Waals surface area contributed by atoms with Crippen LogP contribution in [0.2, 0.25) is 0 Å². The van der Waals surface area contributed by atoms with Gasteiger partial charge in [-0.15, -0.1) is 0 Å². The first-order valence-corrected chi connectivity index (χ1v) is 8.07. The molecule has 0 aromatic heterocycles. The second-order valence-corrected chi connectivity index (χ2v) is 5.77. The van der Waals surface area contributed by atoms with Gasteiger partial charge in [-0.1, -0.05) is 0 Å². The molecule has 23 heavy (non-hydrogen) atoms. The van der Waals surface area contributed by atoms with Crippen molar-refractivity contribution >= 4 is 11.8 Å². The maximum absolute atomic E-state index is 11.1. The first-order chi connectivity index (χ1) is 11.1. The minimum atomic E-state index is -0.953. The summed E-state index contributed by atoms with van der Waals surface area (Å²) in [5.41, 5.74) is 6.00. The molecule has 0 saturated heterocycles. The van der Waals surface area contributed by atoms with Crippen LogP contribution >= 0.6 is 0 Å². The molecule has 2 amide bonds. The van der Waals surface area contributed by atoms with Crippen LogP contribution < -0.4 is 15.8 Å². The van der Waals surface area contributed by atoms with E-state index in [4.69, 9.17) is 10.5 Å². The highest BCUT2D eigenvalue weighted by atomic mass is 16.5. The van der Waals surface area contributed by atoms with Crippen LogP contribution in [-0.2, 0) is 16.0 Å². The van der Waals surface area contributed by atoms with Crippen molar-refractivity contribution in [3.05, 3.63) is 23.8 Å². The van der Waals surface area contributed by atoms with E-state index >= 15 is 0 Å². The molecule has 1 saturated carbocycles. The molecule has 0 unspecified atom stereocenters. The first kappa shape index (κ1) is 17.1. The van der Waals surface area contributed by atoms with Gasteiger partial charge in [-0.25, -0.2) is 0 Å². The summed E-state index contributed by atoms with van der Waals surface area (Å²) in [6.07, 6.45) is 6.46. The number of hydrogen-bond donors (Lipinski definition) is 2. The summed E-state index contributed by atoms with van der Waals surface area (Å²) in [4.78, 5) is 21.7. The van der Waals surface area contributed by atoms with Crippen molar-refractivity contribution in [1.29, 1.82) is 0 Å². The minimum absolute atomic E-state index is 0.292. The number of amides is 2. The largest absolute Gasteiger partial charge is 0.582 e. The van der Waals surface area contributed by atoms with Crippen LogP contribution in [0.5, 0.6) is 11.5 Å². The Kier molecular flexibility index (Phi) is 6.26. The van der Waals surface area contributed by atoms with Gasteiger partial charge in [0.2, 0.25) is 5.75 Å². The summed E-state index contributed by atoms with van der Waals surface area (Å²) < 4.78 is 10.3. The van der Waals surface area contributed by atoms with Gasteiger partial charge in [-0.2, -0.15) is 0 Å². The van der Waals surface area contributed by atoms with Crippen molar-refractivity contribution < 1.29 is 19.1 Å². The Balaban J connectivity index is 1.89. The molecular weight excluding hydrogens is 296 g/mol. The molecule has 0 spiro atoms. The SMILES string of the molecule is C[OH+]c1ccc(CCCNC(=O)C(N)=O)cc1OC1CCCC1. The number of carbonyl (C=O) groups excluding carboxylic acids is 2. The van der Waals surface area contributed by atoms with Crippen LogP contribution in [-0.4, -0.2) is 36.3 Å². The van der Waals surface area contributed by atoms with Gasteiger partial charge in [0.05, 0.1) is 6.10 Å². The molecule has 126 valence electrons. The number of aromatic hydroxyl groups is 1. The van der Waals surface area contributed by atoms with Crippen LogP contribution in [0.1, 0.15) is 37.7 Å². The van der Waals surface area contributed by atoms with Crippen LogP contribution in [0.4, 0.5) is 0 Å². The highest BCUT2D eigenvalue weighted by Crippen LogP contribution is 2.33. The molecule has 0 atom stereocenters. The average molecular weight is 321 g/mol. The van der Waals surface area contributed by atoms with E-state index in [0.29, 0.717) is 12.6 Å². The standard InChI is InChI=1S/C17H24N2O4/c1-22-14-9-8-12(5-4-10-19-17(21)16(18)20)11-15(14)23-13-6-2-3-7-13/h8-9,11,13H,2-7,10H2,1H3,(H2,18,20)(H,19,21)/p+1. The normalized spacial score (nSPS) is 14.5. The first-order valence-electron chi connectivity index (χ1n) is 8.07. The van der Waals surface area contributed by atoms with Gasteiger partial charge in [0.1, 0.15) is 0 Å². The summed E-state index contributed by atoms with van der Waals surface area (Å²) in [6, 6.07) is 6.00. The molecule has 0 bridgehead atoms. The maximum Gasteiger partial charge on any atom is 0.309 e. The number of benzene rings is 1. The fourth-order valence-corrected chi connectivity index (χ4v) is 2.76. The molecule has 1 aliphatic rings. The van der Waals surface area contributed by atoms with Crippen molar-refractivity contribution in [3.8, 4) is 11.5 Å². The van der Waals surface area contributed by atoms with Gasteiger partial charge in [0, 0.05) is 12.6 Å². The predicted molar refractivity (Wildman–Crippen MR) is 87.4 cm³/mol. The van der Waals surface area contributed by atoms with Gasteiger partial charge in [-0.3, -0.25) is 9.59 Å². The zero-order valence-corrected chi connectivity index (χ0v) is 13.5. The van der Waals surface area contributed by atoms with Crippen LogP contribution in [0.3, 0.4) is 0 Å². The van der Waals surface area contributed by atoms with E-state index in [2.05, 4.69) is 10.1 Å². The Labute approximate surface area is 136 Å². The van der Waals surface area contributed by atoms with Gasteiger partial charge in [0.15, 0.2) is 7.11 Å². The number of ether oxygens (including phenoxy) is 2. The van der Waals surface area contributed by atoms with Crippen LogP contribution in [0.25, 0.3) is 0 Å². The third kappa shape index (κ3) is 5.16. The fraction of sp³-hybridized carbons (Fsp3) is 0.529. The highest BCUT2D eigenvalue weighted by molar-refractivity contribution is 6.34. The summed E-state index contributed by atoms with van der Waals surface area (Å²) >= 11 is 0. The van der Waals surface area contributed by atoms with E-state index in [-0.39, 0.29) is 0 Å². The third-order valence-electron chi connectivity index (χ3n) is 4.01. The van der Waals surface area contributed by atoms with Gasteiger partial charge >= 0.3 is 11.8 Å². The molecule has 0 radical (unpaired) electrons. The second kappa shape index (κ2) is 8.41. The van der Waals surface area contributed by atoms with Gasteiger partial charge in [0.25, 0.3) is 5.75 Å². The Hall–Kier alpha value is -2.24. The van der Waals surface area contributed by atoms with Crippen molar-refractivity contribution in [2.24, 2.45) is 5.73 Å². The zero-order chi connectivity index (χ0) is 16.7. The molecule has 4 N–H and O–H groups in total. The lowest BCUT2D eigenvalue weighted by molar-refractivity contribution is -0.137. The monoisotopic (exact) mass is 321 g/mol. The van der Waals surface area contributed by atoms with Crippen LogP contribution in [0, 0.1) is 0 Å². The van der Waals surface area contributed by atoms with Crippen molar-refractivity contribution in [1.82, 2.24) is 5.32 Å². The molecular formula is C17H25N2O4+. The fourth-order valence-electron chi connectivity index (χ4n) is 2.76. The minimum Gasteiger partial charge on any atom is -0.582 e. The number of nitrogens with one attached hydrogen (secondary N) is 1. The van der Waals surface area contributed by atoms with Crippen molar-refractivity contribution in [3.63, 3.8) is 0 Å². The summed E-state index contributed by atoms with van der Waals surface area (Å²) in [6.45, 7) is 0.417. The number of nitrogens with two attached hydrogens (primary N) is 1. The third-order valence-corrected chi connectivity index (χ3v) is 4.01. The Bertz CT molecular complexity index is 554. The Morgan fingerprint density at radius 2 is 2.09 bits per heavy atom. The molecule has 6 nitrogen and oxygen atoms in total. The molecule has 1 aromatic carbocycles. The topological polar surface area (TPSA) is 94.2 Å². The Morgan fingerprint density at radius 3 is 2.74 bits per heavy atom. The van der Waals surface area contributed by atoms with E-state index in [1.165, 1.54) is 12.8 Å². The molecule has 0 heterocycles. The summed E-state index contributed by atoms with van der Waals surface area (Å²) in [5, 5.41) is 2.49. The number of hydrogen-bond acceptors (Lipinski definition) is 3. The lowest BCUT2D eigenvalue weighted by atomic mass is 10.1. The van der Waals surface area contributed by atoms with Crippen LogP contribution in [0.15, 0.2) is 18.2 Å². The lowest BCUT2D eigenvalue weighted by Crippen LogP contribution is -2.36. The maximum atomic E-state index is 11.1. The van der Waals surface area contributed by atoms with Gasteiger partial charge in [-0.05, 0) is 56.2 Å². The van der Waals surface area contributed by atoms with E-state index in [1.807, 2.05) is 18.2 Å². The van der Waals surface area contributed by atoms with Gasteiger partial charge < -0.3 is 20.5 Å². The second-order valence-electron chi connectivity index (χ2n) is 5.77. The highest BCUT2D eigenvalue weighted by Gasteiger charge is 2.20. The van der Waals surface area contributed by atoms with Crippen molar-refractivity contribution in [2.45, 2.75) is 44.6 Å². The van der Waals surface area contributed by atoms with E-state index in [9.17, 15) is 9.59 Å². The zero-order valence-electron chi connectivity index (χ0n) is 13.5.